The van der Waals surface area contributed by atoms with Crippen LogP contribution in [-0.2, 0) is 4.79 Å². The van der Waals surface area contributed by atoms with Gasteiger partial charge in [-0.1, -0.05) is 25.1 Å². The molecule has 0 spiro atoms. The average molecular weight is 336 g/mol. The Morgan fingerprint density at radius 1 is 1.28 bits per heavy atom. The highest BCUT2D eigenvalue weighted by Crippen LogP contribution is 2.37. The number of benzene rings is 1. The van der Waals surface area contributed by atoms with Crippen LogP contribution in [0.15, 0.2) is 35.5 Å². The molecule has 1 fully saturated rings. The van der Waals surface area contributed by atoms with Gasteiger partial charge in [0.25, 0.3) is 0 Å². The van der Waals surface area contributed by atoms with E-state index >= 15 is 0 Å². The molecule has 1 aromatic carbocycles. The largest absolute Gasteiger partial charge is 0.370 e. The Hall–Kier alpha value is -2.27. The molecular weight excluding hydrogens is 312 g/mol. The van der Waals surface area contributed by atoms with Crippen molar-refractivity contribution in [3.63, 3.8) is 0 Å². The predicted molar refractivity (Wildman–Crippen MR) is 99.7 cm³/mol. The first-order valence-electron chi connectivity index (χ1n) is 9.03. The maximum absolute atomic E-state index is 11.1. The van der Waals surface area contributed by atoms with E-state index in [1.807, 2.05) is 18.5 Å². The molecule has 0 radical (unpaired) electrons. The van der Waals surface area contributed by atoms with E-state index in [0.29, 0.717) is 18.3 Å². The summed E-state index contributed by atoms with van der Waals surface area (Å²) in [6.07, 6.45) is 5.42. The molecule has 5 nitrogen and oxygen atoms in total. The number of amides is 1. The Balaban J connectivity index is 1.64. The summed E-state index contributed by atoms with van der Waals surface area (Å²) in [6, 6.07) is 8.85. The summed E-state index contributed by atoms with van der Waals surface area (Å²) in [7, 11) is 0. The Kier molecular flexibility index (Phi) is 4.25. The Bertz CT molecular complexity index is 826. The lowest BCUT2D eigenvalue weighted by Crippen LogP contribution is -2.40. The minimum absolute atomic E-state index is 0.212. The summed E-state index contributed by atoms with van der Waals surface area (Å²) in [5, 5.41) is 1.24. The van der Waals surface area contributed by atoms with Crippen LogP contribution >= 0.6 is 0 Å². The SMILES string of the molecule is CC1CC(c2ccc(C3C=N3)c3ncccc23)CN(CCC(N)=O)C1. The van der Waals surface area contributed by atoms with Gasteiger partial charge < -0.3 is 10.6 Å². The highest BCUT2D eigenvalue weighted by molar-refractivity contribution is 5.92. The van der Waals surface area contributed by atoms with Crippen molar-refractivity contribution in [2.24, 2.45) is 16.6 Å². The summed E-state index contributed by atoms with van der Waals surface area (Å²) < 4.78 is 0. The minimum Gasteiger partial charge on any atom is -0.370 e. The number of likely N-dealkylation sites (tertiary alicyclic amines) is 1. The van der Waals surface area contributed by atoms with Gasteiger partial charge in [-0.3, -0.25) is 14.8 Å². The molecule has 0 saturated carbocycles. The molecule has 1 saturated heterocycles. The molecule has 3 heterocycles. The van der Waals surface area contributed by atoms with Crippen molar-refractivity contribution in [2.45, 2.75) is 31.7 Å². The number of hydrogen-bond acceptors (Lipinski definition) is 4. The van der Waals surface area contributed by atoms with E-state index in [1.165, 1.54) is 16.5 Å². The lowest BCUT2D eigenvalue weighted by molar-refractivity contribution is -0.118. The Labute approximate surface area is 147 Å². The van der Waals surface area contributed by atoms with Gasteiger partial charge in [-0.05, 0) is 29.9 Å². The van der Waals surface area contributed by atoms with Crippen molar-refractivity contribution in [3.8, 4) is 0 Å². The number of nitrogens with two attached hydrogens (primary N) is 1. The monoisotopic (exact) mass is 336 g/mol. The van der Waals surface area contributed by atoms with E-state index in [2.05, 4.69) is 40.0 Å². The number of pyridine rings is 1. The van der Waals surface area contributed by atoms with E-state index in [0.717, 1.165) is 31.6 Å². The van der Waals surface area contributed by atoms with Crippen LogP contribution in [0.25, 0.3) is 10.9 Å². The normalized spacial score (nSPS) is 26.0. The van der Waals surface area contributed by atoms with Gasteiger partial charge >= 0.3 is 0 Å². The number of fused-ring (bicyclic) bond motifs is 1. The van der Waals surface area contributed by atoms with Crippen LogP contribution in [0.3, 0.4) is 0 Å². The van der Waals surface area contributed by atoms with Crippen molar-refractivity contribution >= 4 is 23.0 Å². The molecule has 2 aliphatic heterocycles. The van der Waals surface area contributed by atoms with Crippen LogP contribution in [0.1, 0.15) is 42.9 Å². The molecule has 130 valence electrons. The first kappa shape index (κ1) is 16.2. The third-order valence-corrected chi connectivity index (χ3v) is 5.30. The third-order valence-electron chi connectivity index (χ3n) is 5.30. The quantitative estimate of drug-likeness (QED) is 0.912. The molecule has 1 amide bonds. The molecule has 3 unspecified atom stereocenters. The number of carbonyl (C=O) groups excluding carboxylic acids is 1. The number of hydrogen-bond donors (Lipinski definition) is 1. The predicted octanol–water partition coefficient (Wildman–Crippen LogP) is 2.66. The number of carbonyl (C=O) groups is 1. The second-order valence-corrected chi connectivity index (χ2v) is 7.40. The summed E-state index contributed by atoms with van der Waals surface area (Å²) >= 11 is 0. The topological polar surface area (TPSA) is 71.6 Å². The molecule has 1 aromatic heterocycles. The van der Waals surface area contributed by atoms with Crippen LogP contribution in [-0.4, -0.2) is 41.6 Å². The molecule has 2 aliphatic rings. The molecule has 0 bridgehead atoms. The van der Waals surface area contributed by atoms with Gasteiger partial charge in [0, 0.05) is 49.4 Å². The number of rotatable bonds is 5. The zero-order chi connectivity index (χ0) is 17.4. The first-order valence-corrected chi connectivity index (χ1v) is 9.03. The van der Waals surface area contributed by atoms with Gasteiger partial charge in [0.05, 0.1) is 5.52 Å². The maximum atomic E-state index is 11.1. The zero-order valence-electron chi connectivity index (χ0n) is 14.6. The lowest BCUT2D eigenvalue weighted by Gasteiger charge is -2.37. The maximum Gasteiger partial charge on any atom is 0.218 e. The van der Waals surface area contributed by atoms with Gasteiger partial charge in [0.15, 0.2) is 0 Å². The first-order chi connectivity index (χ1) is 12.1. The number of aliphatic imine (C=N–C) groups is 1. The van der Waals surface area contributed by atoms with Gasteiger partial charge in [0.1, 0.15) is 6.04 Å². The van der Waals surface area contributed by atoms with Crippen molar-refractivity contribution in [1.82, 2.24) is 9.88 Å². The molecule has 2 N–H and O–H groups in total. The minimum atomic E-state index is -0.224. The highest BCUT2D eigenvalue weighted by Gasteiger charge is 2.28. The van der Waals surface area contributed by atoms with Crippen molar-refractivity contribution < 1.29 is 4.79 Å². The van der Waals surface area contributed by atoms with Crippen molar-refractivity contribution in [1.29, 1.82) is 0 Å². The van der Waals surface area contributed by atoms with Crippen molar-refractivity contribution in [2.75, 3.05) is 19.6 Å². The number of aromatic nitrogens is 1. The van der Waals surface area contributed by atoms with Gasteiger partial charge in [-0.25, -0.2) is 0 Å². The fourth-order valence-corrected chi connectivity index (χ4v) is 4.15. The van der Waals surface area contributed by atoms with Crippen molar-refractivity contribution in [3.05, 3.63) is 41.6 Å². The number of nitrogens with zero attached hydrogens (tertiary/aromatic N) is 3. The molecule has 5 heteroatoms. The second kappa shape index (κ2) is 6.56. The highest BCUT2D eigenvalue weighted by atomic mass is 16.1. The van der Waals surface area contributed by atoms with E-state index in [9.17, 15) is 4.79 Å². The van der Waals surface area contributed by atoms with Crippen LogP contribution < -0.4 is 5.73 Å². The molecular formula is C20H24N4O. The Morgan fingerprint density at radius 3 is 2.84 bits per heavy atom. The van der Waals surface area contributed by atoms with E-state index in [4.69, 9.17) is 5.73 Å². The summed E-state index contributed by atoms with van der Waals surface area (Å²) in [4.78, 5) is 22.5. The fourth-order valence-electron chi connectivity index (χ4n) is 4.15. The lowest BCUT2D eigenvalue weighted by atomic mass is 9.83. The summed E-state index contributed by atoms with van der Waals surface area (Å²) in [5.74, 6) is 0.834. The average Bonchev–Trinajstić information content (AvgIpc) is 3.43. The molecule has 2 aromatic rings. The van der Waals surface area contributed by atoms with E-state index in [-0.39, 0.29) is 11.9 Å². The van der Waals surface area contributed by atoms with Crippen LogP contribution in [0.2, 0.25) is 0 Å². The molecule has 25 heavy (non-hydrogen) atoms. The molecule has 3 atom stereocenters. The zero-order valence-corrected chi connectivity index (χ0v) is 14.6. The second-order valence-electron chi connectivity index (χ2n) is 7.40. The smallest absolute Gasteiger partial charge is 0.218 e. The van der Waals surface area contributed by atoms with Gasteiger partial charge in [-0.15, -0.1) is 0 Å². The summed E-state index contributed by atoms with van der Waals surface area (Å²) in [6.45, 7) is 5.05. The fraction of sp³-hybridized carbons (Fsp3) is 0.450. The van der Waals surface area contributed by atoms with Crippen LogP contribution in [0, 0.1) is 5.92 Å². The van der Waals surface area contributed by atoms with E-state index in [1.54, 1.807) is 0 Å². The third kappa shape index (κ3) is 3.42. The number of piperidine rings is 1. The number of primary amides is 1. The standard InChI is InChI=1S/C20H24N4O/c1-13-9-14(12-24(11-13)8-6-19(21)25)15-4-5-17(18-10-23-18)20-16(15)3-2-7-22-20/h2-5,7,10,13-14,18H,6,8-9,11-12H2,1H3,(H2,21,25). The Morgan fingerprint density at radius 2 is 2.08 bits per heavy atom. The van der Waals surface area contributed by atoms with Crippen LogP contribution in [0.4, 0.5) is 0 Å². The molecule has 0 aliphatic carbocycles. The van der Waals surface area contributed by atoms with Gasteiger partial charge in [-0.2, -0.15) is 0 Å². The summed E-state index contributed by atoms with van der Waals surface area (Å²) in [5.41, 5.74) is 8.97. The molecule has 4 rings (SSSR count). The van der Waals surface area contributed by atoms with E-state index < -0.39 is 0 Å². The van der Waals surface area contributed by atoms with Gasteiger partial charge in [0.2, 0.25) is 5.91 Å². The van der Waals surface area contributed by atoms with Crippen LogP contribution in [0.5, 0.6) is 0 Å².